The van der Waals surface area contributed by atoms with E-state index in [2.05, 4.69) is 15.2 Å². The molecule has 0 atom stereocenters. The monoisotopic (exact) mass is 393 g/mol. The Labute approximate surface area is 166 Å². The number of benzene rings is 2. The Kier molecular flexibility index (Phi) is 5.47. The first-order valence-electron chi connectivity index (χ1n) is 8.98. The molecule has 0 saturated heterocycles. The van der Waals surface area contributed by atoms with Crippen LogP contribution in [0.4, 0.5) is 8.78 Å². The number of aromatic amines is 1. The highest BCUT2D eigenvalue weighted by Crippen LogP contribution is 2.36. The molecule has 0 amide bonds. The standard InChI is InChI=1S/C22H17F2N3O2/c23-15-4-6-22(19(24)13-15)29-21-7-5-17(14-18(21)20-8-11-26-27-20)28-12-9-16-3-1-2-10-25-16/h1-8,10-11,13-14H,9,12H2,(H,26,27). The summed E-state index contributed by atoms with van der Waals surface area (Å²) in [6, 6.07) is 15.9. The van der Waals surface area contributed by atoms with Crippen molar-refractivity contribution in [3.63, 3.8) is 0 Å². The van der Waals surface area contributed by atoms with Gasteiger partial charge in [0.25, 0.3) is 0 Å². The van der Waals surface area contributed by atoms with E-state index in [-0.39, 0.29) is 5.75 Å². The molecule has 4 aromatic rings. The number of ether oxygens (including phenoxy) is 2. The minimum atomic E-state index is -0.781. The number of halogens is 2. The molecule has 0 unspecified atom stereocenters. The number of nitrogens with zero attached hydrogens (tertiary/aromatic N) is 2. The predicted molar refractivity (Wildman–Crippen MR) is 104 cm³/mol. The molecule has 7 heteroatoms. The molecule has 0 aliphatic rings. The Morgan fingerprint density at radius 3 is 2.55 bits per heavy atom. The third kappa shape index (κ3) is 4.57. The largest absolute Gasteiger partial charge is 0.493 e. The fourth-order valence-electron chi connectivity index (χ4n) is 2.80. The zero-order valence-corrected chi connectivity index (χ0v) is 15.3. The summed E-state index contributed by atoms with van der Waals surface area (Å²) < 4.78 is 38.7. The van der Waals surface area contributed by atoms with E-state index in [0.717, 1.165) is 17.8 Å². The van der Waals surface area contributed by atoms with Gasteiger partial charge in [0.15, 0.2) is 11.6 Å². The summed E-state index contributed by atoms with van der Waals surface area (Å²) in [5, 5.41) is 6.82. The third-order valence-corrected chi connectivity index (χ3v) is 4.21. The van der Waals surface area contributed by atoms with E-state index in [0.29, 0.717) is 35.8 Å². The van der Waals surface area contributed by atoms with Crippen molar-refractivity contribution < 1.29 is 18.3 Å². The normalized spacial score (nSPS) is 10.7. The lowest BCUT2D eigenvalue weighted by molar-refractivity contribution is 0.320. The van der Waals surface area contributed by atoms with Crippen molar-refractivity contribution in [2.45, 2.75) is 6.42 Å². The van der Waals surface area contributed by atoms with E-state index < -0.39 is 11.6 Å². The number of H-pyrrole nitrogens is 1. The molecule has 146 valence electrons. The number of nitrogens with one attached hydrogen (secondary N) is 1. The quantitative estimate of drug-likeness (QED) is 0.471. The summed E-state index contributed by atoms with van der Waals surface area (Å²) in [5.74, 6) is -0.512. The third-order valence-electron chi connectivity index (χ3n) is 4.21. The van der Waals surface area contributed by atoms with Crippen LogP contribution in [0.5, 0.6) is 17.2 Å². The molecular formula is C22H17F2N3O2. The SMILES string of the molecule is Fc1ccc(Oc2ccc(OCCc3ccccn3)cc2-c2ccn[nH]2)c(F)c1. The fourth-order valence-corrected chi connectivity index (χ4v) is 2.80. The van der Waals surface area contributed by atoms with Gasteiger partial charge in [-0.15, -0.1) is 0 Å². The van der Waals surface area contributed by atoms with Crippen LogP contribution in [-0.4, -0.2) is 21.8 Å². The number of rotatable bonds is 7. The van der Waals surface area contributed by atoms with Crippen molar-refractivity contribution >= 4 is 0 Å². The van der Waals surface area contributed by atoms with Crippen LogP contribution in [0.1, 0.15) is 5.69 Å². The molecule has 0 spiro atoms. The Bertz CT molecular complexity index is 1090. The van der Waals surface area contributed by atoms with E-state index in [1.54, 1.807) is 36.7 Å². The Morgan fingerprint density at radius 1 is 0.897 bits per heavy atom. The van der Waals surface area contributed by atoms with Crippen LogP contribution in [-0.2, 0) is 6.42 Å². The zero-order valence-electron chi connectivity index (χ0n) is 15.3. The zero-order chi connectivity index (χ0) is 20.1. The van der Waals surface area contributed by atoms with Gasteiger partial charge in [0, 0.05) is 36.1 Å². The topological polar surface area (TPSA) is 60.0 Å². The van der Waals surface area contributed by atoms with Crippen LogP contribution in [0.2, 0.25) is 0 Å². The number of aromatic nitrogens is 3. The molecule has 1 N–H and O–H groups in total. The second kappa shape index (κ2) is 8.52. The van der Waals surface area contributed by atoms with Crippen LogP contribution in [0, 0.1) is 11.6 Å². The summed E-state index contributed by atoms with van der Waals surface area (Å²) in [5.41, 5.74) is 2.26. The van der Waals surface area contributed by atoms with Gasteiger partial charge in [0.1, 0.15) is 17.3 Å². The van der Waals surface area contributed by atoms with Gasteiger partial charge in [0.05, 0.1) is 12.3 Å². The fraction of sp³-hybridized carbons (Fsp3) is 0.0909. The lowest BCUT2D eigenvalue weighted by Crippen LogP contribution is -2.03. The summed E-state index contributed by atoms with van der Waals surface area (Å²) >= 11 is 0. The van der Waals surface area contributed by atoms with E-state index >= 15 is 0 Å². The highest BCUT2D eigenvalue weighted by atomic mass is 19.1. The number of hydrogen-bond donors (Lipinski definition) is 1. The van der Waals surface area contributed by atoms with Gasteiger partial charge in [-0.25, -0.2) is 8.78 Å². The molecular weight excluding hydrogens is 376 g/mol. The molecule has 0 saturated carbocycles. The second-order valence-corrected chi connectivity index (χ2v) is 6.22. The highest BCUT2D eigenvalue weighted by molar-refractivity contribution is 5.69. The lowest BCUT2D eigenvalue weighted by atomic mass is 10.1. The van der Waals surface area contributed by atoms with E-state index in [4.69, 9.17) is 9.47 Å². The molecule has 0 aliphatic heterocycles. The van der Waals surface area contributed by atoms with E-state index in [1.807, 2.05) is 18.2 Å². The second-order valence-electron chi connectivity index (χ2n) is 6.22. The van der Waals surface area contributed by atoms with Crippen molar-refractivity contribution in [1.29, 1.82) is 0 Å². The minimum absolute atomic E-state index is 0.0732. The molecule has 5 nitrogen and oxygen atoms in total. The van der Waals surface area contributed by atoms with Crippen molar-refractivity contribution in [2.24, 2.45) is 0 Å². The molecule has 0 radical (unpaired) electrons. The molecule has 0 bridgehead atoms. The van der Waals surface area contributed by atoms with Crippen LogP contribution >= 0.6 is 0 Å². The van der Waals surface area contributed by atoms with Crippen LogP contribution in [0.3, 0.4) is 0 Å². The van der Waals surface area contributed by atoms with Crippen LogP contribution in [0.15, 0.2) is 73.1 Å². The van der Waals surface area contributed by atoms with Gasteiger partial charge in [-0.3, -0.25) is 10.1 Å². The lowest BCUT2D eigenvalue weighted by Gasteiger charge is -2.13. The van der Waals surface area contributed by atoms with Crippen molar-refractivity contribution in [3.8, 4) is 28.5 Å². The number of hydrogen-bond acceptors (Lipinski definition) is 4. The van der Waals surface area contributed by atoms with Gasteiger partial charge in [-0.2, -0.15) is 5.10 Å². The average Bonchev–Trinajstić information content (AvgIpc) is 3.26. The van der Waals surface area contributed by atoms with Crippen molar-refractivity contribution in [1.82, 2.24) is 15.2 Å². The first-order chi connectivity index (χ1) is 14.2. The molecule has 4 rings (SSSR count). The van der Waals surface area contributed by atoms with E-state index in [9.17, 15) is 8.78 Å². The Hall–Kier alpha value is -3.74. The first-order valence-corrected chi connectivity index (χ1v) is 8.98. The van der Waals surface area contributed by atoms with Gasteiger partial charge in [-0.1, -0.05) is 6.07 Å². The molecule has 2 heterocycles. The predicted octanol–water partition coefficient (Wildman–Crippen LogP) is 5.16. The Balaban J connectivity index is 1.55. The smallest absolute Gasteiger partial charge is 0.168 e. The maximum absolute atomic E-state index is 14.0. The Morgan fingerprint density at radius 2 is 1.79 bits per heavy atom. The van der Waals surface area contributed by atoms with E-state index in [1.165, 1.54) is 6.07 Å². The summed E-state index contributed by atoms with van der Waals surface area (Å²) in [7, 11) is 0. The summed E-state index contributed by atoms with van der Waals surface area (Å²) in [6.45, 7) is 0.451. The average molecular weight is 393 g/mol. The van der Waals surface area contributed by atoms with Gasteiger partial charge >= 0.3 is 0 Å². The first kappa shape index (κ1) is 18.6. The van der Waals surface area contributed by atoms with Crippen molar-refractivity contribution in [3.05, 3.63) is 90.4 Å². The number of pyridine rings is 1. The van der Waals surface area contributed by atoms with Gasteiger partial charge in [0.2, 0.25) is 0 Å². The van der Waals surface area contributed by atoms with Crippen LogP contribution in [0.25, 0.3) is 11.3 Å². The minimum Gasteiger partial charge on any atom is -0.493 e. The molecule has 29 heavy (non-hydrogen) atoms. The van der Waals surface area contributed by atoms with Crippen LogP contribution < -0.4 is 9.47 Å². The summed E-state index contributed by atoms with van der Waals surface area (Å²) in [4.78, 5) is 4.27. The molecule has 0 fully saturated rings. The molecule has 2 aromatic carbocycles. The van der Waals surface area contributed by atoms with Crippen molar-refractivity contribution in [2.75, 3.05) is 6.61 Å². The van der Waals surface area contributed by atoms with Gasteiger partial charge < -0.3 is 9.47 Å². The maximum atomic E-state index is 14.0. The van der Waals surface area contributed by atoms with Gasteiger partial charge in [-0.05, 0) is 48.5 Å². The highest BCUT2D eigenvalue weighted by Gasteiger charge is 2.13. The maximum Gasteiger partial charge on any atom is 0.168 e. The summed E-state index contributed by atoms with van der Waals surface area (Å²) in [6.07, 6.45) is 4.01. The molecule has 2 aromatic heterocycles. The molecule has 0 aliphatic carbocycles.